The number of pyridine rings is 2. The number of ether oxygens (including phenoxy) is 2. The Morgan fingerprint density at radius 2 is 1.95 bits per heavy atom. The van der Waals surface area contributed by atoms with E-state index in [-0.39, 0.29) is 5.56 Å². The molecule has 0 amide bonds. The smallest absolute Gasteiger partial charge is 0.266 e. The number of nitriles is 1. The van der Waals surface area contributed by atoms with Crippen LogP contribution < -0.4 is 5.56 Å². The van der Waals surface area contributed by atoms with E-state index in [1.165, 1.54) is 20.3 Å². The summed E-state index contributed by atoms with van der Waals surface area (Å²) < 4.78 is 10.4. The van der Waals surface area contributed by atoms with Crippen molar-refractivity contribution in [1.82, 2.24) is 9.97 Å². The van der Waals surface area contributed by atoms with Crippen molar-refractivity contribution in [3.8, 4) is 17.2 Å². The van der Waals surface area contributed by atoms with E-state index in [0.29, 0.717) is 11.3 Å². The van der Waals surface area contributed by atoms with Gasteiger partial charge >= 0.3 is 0 Å². The second-order valence-corrected chi connectivity index (χ2v) is 3.99. The molecule has 0 spiro atoms. The Morgan fingerprint density at radius 3 is 2.50 bits per heavy atom. The van der Waals surface area contributed by atoms with E-state index in [4.69, 9.17) is 14.7 Å². The van der Waals surface area contributed by atoms with Crippen molar-refractivity contribution in [3.63, 3.8) is 0 Å². The first-order valence-corrected chi connectivity index (χ1v) is 5.84. The highest BCUT2D eigenvalue weighted by molar-refractivity contribution is 5.67. The van der Waals surface area contributed by atoms with Gasteiger partial charge in [0, 0.05) is 32.2 Å². The molecule has 0 saturated carbocycles. The average molecular weight is 271 g/mol. The summed E-state index contributed by atoms with van der Waals surface area (Å²) in [7, 11) is 2.95. The molecule has 2 heterocycles. The van der Waals surface area contributed by atoms with Crippen LogP contribution in [-0.2, 0) is 9.47 Å². The third-order valence-electron chi connectivity index (χ3n) is 2.85. The first-order valence-electron chi connectivity index (χ1n) is 5.84. The van der Waals surface area contributed by atoms with Crippen molar-refractivity contribution in [2.45, 2.75) is 6.29 Å². The Balaban J connectivity index is 2.70. The zero-order valence-electron chi connectivity index (χ0n) is 11.1. The van der Waals surface area contributed by atoms with Crippen LogP contribution in [0.2, 0.25) is 0 Å². The lowest BCUT2D eigenvalue weighted by Gasteiger charge is -2.17. The van der Waals surface area contributed by atoms with Gasteiger partial charge in [0.05, 0.1) is 5.69 Å². The molecule has 102 valence electrons. The second kappa shape index (κ2) is 6.10. The van der Waals surface area contributed by atoms with E-state index in [2.05, 4.69) is 9.97 Å². The zero-order chi connectivity index (χ0) is 14.5. The number of methoxy groups -OCH3 is 2. The van der Waals surface area contributed by atoms with E-state index >= 15 is 0 Å². The van der Waals surface area contributed by atoms with E-state index in [1.54, 1.807) is 24.5 Å². The first-order chi connectivity index (χ1) is 9.71. The van der Waals surface area contributed by atoms with E-state index in [9.17, 15) is 4.79 Å². The maximum atomic E-state index is 11.8. The van der Waals surface area contributed by atoms with Crippen LogP contribution in [0.1, 0.15) is 17.5 Å². The van der Waals surface area contributed by atoms with Gasteiger partial charge in [0.15, 0.2) is 6.29 Å². The quantitative estimate of drug-likeness (QED) is 0.853. The number of aromatic amines is 1. The Labute approximate surface area is 115 Å². The summed E-state index contributed by atoms with van der Waals surface area (Å²) >= 11 is 0. The van der Waals surface area contributed by atoms with Gasteiger partial charge < -0.3 is 14.5 Å². The molecule has 0 aromatic carbocycles. The van der Waals surface area contributed by atoms with Crippen molar-refractivity contribution in [3.05, 3.63) is 52.2 Å². The number of nitrogens with zero attached hydrogens (tertiary/aromatic N) is 2. The number of aromatic nitrogens is 2. The summed E-state index contributed by atoms with van der Waals surface area (Å²) in [5.41, 5.74) is 1.50. The standard InChI is InChI=1S/C14H13N3O3/c1-19-14(20-2)12-11(9-3-5-16-6-4-9)7-10(8-15)13(18)17-12/h3-7,14H,1-2H3,(H,17,18). The molecule has 0 unspecified atom stereocenters. The lowest BCUT2D eigenvalue weighted by Crippen LogP contribution is -2.18. The highest BCUT2D eigenvalue weighted by atomic mass is 16.7. The van der Waals surface area contributed by atoms with Crippen molar-refractivity contribution in [2.75, 3.05) is 14.2 Å². The molecule has 0 aliphatic carbocycles. The predicted molar refractivity (Wildman–Crippen MR) is 71.8 cm³/mol. The fourth-order valence-electron chi connectivity index (χ4n) is 1.92. The molecule has 0 bridgehead atoms. The lowest BCUT2D eigenvalue weighted by atomic mass is 10.0. The molecule has 0 fully saturated rings. The van der Waals surface area contributed by atoms with E-state index in [1.807, 2.05) is 6.07 Å². The summed E-state index contributed by atoms with van der Waals surface area (Å²) in [6.07, 6.45) is 2.54. The molecule has 0 radical (unpaired) electrons. The molecule has 20 heavy (non-hydrogen) atoms. The Kier molecular flexibility index (Phi) is 4.25. The lowest BCUT2D eigenvalue weighted by molar-refractivity contribution is -0.108. The summed E-state index contributed by atoms with van der Waals surface area (Å²) in [5, 5.41) is 8.99. The van der Waals surface area contributed by atoms with Gasteiger partial charge in [-0.3, -0.25) is 9.78 Å². The minimum atomic E-state index is -0.724. The monoisotopic (exact) mass is 271 g/mol. The minimum absolute atomic E-state index is 0.0338. The van der Waals surface area contributed by atoms with Gasteiger partial charge in [-0.05, 0) is 23.8 Å². The average Bonchev–Trinajstić information content (AvgIpc) is 2.49. The van der Waals surface area contributed by atoms with Crippen LogP contribution in [0.25, 0.3) is 11.1 Å². The van der Waals surface area contributed by atoms with Crippen LogP contribution in [0, 0.1) is 11.3 Å². The third-order valence-corrected chi connectivity index (χ3v) is 2.85. The Hall–Kier alpha value is -2.49. The van der Waals surface area contributed by atoms with Gasteiger partial charge in [0.2, 0.25) is 0 Å². The van der Waals surface area contributed by atoms with Gasteiger partial charge in [-0.2, -0.15) is 5.26 Å². The van der Waals surface area contributed by atoms with Crippen LogP contribution in [0.3, 0.4) is 0 Å². The molecular formula is C14H13N3O3. The molecule has 1 N–H and O–H groups in total. The van der Waals surface area contributed by atoms with Gasteiger partial charge in [-0.15, -0.1) is 0 Å². The van der Waals surface area contributed by atoms with Gasteiger partial charge in [-0.1, -0.05) is 0 Å². The van der Waals surface area contributed by atoms with Crippen LogP contribution >= 0.6 is 0 Å². The molecule has 2 rings (SSSR count). The highest BCUT2D eigenvalue weighted by Gasteiger charge is 2.18. The molecule has 6 nitrogen and oxygen atoms in total. The third kappa shape index (κ3) is 2.59. The fourth-order valence-corrected chi connectivity index (χ4v) is 1.92. The summed E-state index contributed by atoms with van der Waals surface area (Å²) in [4.78, 5) is 18.4. The number of rotatable bonds is 4. The topological polar surface area (TPSA) is 88.0 Å². The molecular weight excluding hydrogens is 258 g/mol. The molecule has 0 saturated heterocycles. The molecule has 0 atom stereocenters. The van der Waals surface area contributed by atoms with Gasteiger partial charge in [-0.25, -0.2) is 0 Å². The van der Waals surface area contributed by atoms with Crippen molar-refractivity contribution in [1.29, 1.82) is 5.26 Å². The molecule has 0 aliphatic heterocycles. The maximum absolute atomic E-state index is 11.8. The molecule has 2 aromatic heterocycles. The number of nitrogens with one attached hydrogen (secondary N) is 1. The van der Waals surface area contributed by atoms with Crippen molar-refractivity contribution >= 4 is 0 Å². The summed E-state index contributed by atoms with van der Waals surface area (Å²) in [6, 6.07) is 6.95. The van der Waals surface area contributed by atoms with E-state index in [0.717, 1.165) is 5.56 Å². The summed E-state index contributed by atoms with van der Waals surface area (Å²) in [6.45, 7) is 0. The fraction of sp³-hybridized carbons (Fsp3) is 0.214. The van der Waals surface area contributed by atoms with Crippen LogP contribution in [-0.4, -0.2) is 24.2 Å². The van der Waals surface area contributed by atoms with Gasteiger partial charge in [0.1, 0.15) is 11.6 Å². The number of hydrogen-bond donors (Lipinski definition) is 1. The highest BCUT2D eigenvalue weighted by Crippen LogP contribution is 2.27. The first kappa shape index (κ1) is 13.9. The normalized spacial score (nSPS) is 10.5. The maximum Gasteiger partial charge on any atom is 0.266 e. The number of H-pyrrole nitrogens is 1. The van der Waals surface area contributed by atoms with Crippen molar-refractivity contribution < 1.29 is 9.47 Å². The number of hydrogen-bond acceptors (Lipinski definition) is 5. The predicted octanol–water partition coefficient (Wildman–Crippen LogP) is 1.60. The van der Waals surface area contributed by atoms with Crippen LogP contribution in [0.15, 0.2) is 35.4 Å². The SMILES string of the molecule is COC(OC)c1[nH]c(=O)c(C#N)cc1-c1ccncc1. The Bertz CT molecular complexity index is 685. The van der Waals surface area contributed by atoms with Gasteiger partial charge in [0.25, 0.3) is 5.56 Å². The zero-order valence-corrected chi connectivity index (χ0v) is 11.1. The minimum Gasteiger partial charge on any atom is -0.350 e. The largest absolute Gasteiger partial charge is 0.350 e. The molecule has 0 aliphatic rings. The summed E-state index contributed by atoms with van der Waals surface area (Å²) in [5.74, 6) is 0. The van der Waals surface area contributed by atoms with E-state index < -0.39 is 11.8 Å². The molecule has 2 aromatic rings. The second-order valence-electron chi connectivity index (χ2n) is 3.99. The molecule has 6 heteroatoms. The van der Waals surface area contributed by atoms with Crippen molar-refractivity contribution in [2.24, 2.45) is 0 Å². The Morgan fingerprint density at radius 1 is 1.30 bits per heavy atom. The van der Waals surface area contributed by atoms with Crippen LogP contribution in [0.4, 0.5) is 0 Å². The van der Waals surface area contributed by atoms with Crippen LogP contribution in [0.5, 0.6) is 0 Å².